The molecule has 212 valence electrons. The number of alkyl halides is 3. The van der Waals surface area contributed by atoms with Gasteiger partial charge in [-0.25, -0.2) is 0 Å². The van der Waals surface area contributed by atoms with Gasteiger partial charge in [0, 0.05) is 37.2 Å². The molecule has 0 saturated carbocycles. The molecule has 0 aliphatic carbocycles. The van der Waals surface area contributed by atoms with Gasteiger partial charge in [0.25, 0.3) is 5.89 Å². The van der Waals surface area contributed by atoms with Crippen molar-refractivity contribution in [2.45, 2.75) is 38.1 Å². The first-order chi connectivity index (χ1) is 18.9. The van der Waals surface area contributed by atoms with E-state index in [-0.39, 0.29) is 42.5 Å². The number of carbonyl (C=O) groups is 1. The molecule has 1 amide bonds. The number of amides is 1. The molecule has 1 unspecified atom stereocenters. The maximum absolute atomic E-state index is 13.9. The lowest BCUT2D eigenvalue weighted by molar-refractivity contribution is -0.137. The molecule has 0 fully saturated rings. The van der Waals surface area contributed by atoms with E-state index in [0.717, 1.165) is 0 Å². The number of benzene rings is 2. The summed E-state index contributed by atoms with van der Waals surface area (Å²) in [5, 5.41) is 33.1. The van der Waals surface area contributed by atoms with Gasteiger partial charge in [0.05, 0.1) is 11.7 Å². The Morgan fingerprint density at radius 1 is 1.00 bits per heavy atom. The monoisotopic (exact) mass is 559 g/mol. The zero-order valence-corrected chi connectivity index (χ0v) is 21.7. The number of aliphatic hydroxyl groups is 2. The van der Waals surface area contributed by atoms with Gasteiger partial charge in [0.1, 0.15) is 11.3 Å². The molecule has 0 bridgehead atoms. The summed E-state index contributed by atoms with van der Waals surface area (Å²) in [4.78, 5) is 15.9. The van der Waals surface area contributed by atoms with Crippen LogP contribution in [0.15, 0.2) is 63.6 Å². The average molecular weight is 560 g/mol. The summed E-state index contributed by atoms with van der Waals surface area (Å²) in [6.45, 7) is 3.82. The summed E-state index contributed by atoms with van der Waals surface area (Å²) in [5.74, 6) is -1.36. The number of hydrogen-bond acceptors (Lipinski definition) is 9. The third-order valence-electron chi connectivity index (χ3n) is 5.78. The fourth-order valence-electron chi connectivity index (χ4n) is 3.74. The molecule has 40 heavy (non-hydrogen) atoms. The number of nitrogens with zero attached hydrogens (tertiary/aromatic N) is 3. The van der Waals surface area contributed by atoms with E-state index in [1.807, 2.05) is 0 Å². The lowest BCUT2D eigenvalue weighted by Gasteiger charge is -2.17. The maximum atomic E-state index is 13.9. The van der Waals surface area contributed by atoms with Crippen LogP contribution >= 0.6 is 0 Å². The molecule has 4 N–H and O–H groups in total. The highest BCUT2D eigenvalue weighted by Crippen LogP contribution is 2.43. The minimum atomic E-state index is -4.79. The molecular weight excluding hydrogens is 531 g/mol. The summed E-state index contributed by atoms with van der Waals surface area (Å²) >= 11 is 0. The summed E-state index contributed by atoms with van der Waals surface area (Å²) < 4.78 is 51.9. The summed E-state index contributed by atoms with van der Waals surface area (Å²) in [6.07, 6.45) is -5.49. The fraction of sp³-hybridized carbons (Fsp3) is 0.333. The van der Waals surface area contributed by atoms with Crippen molar-refractivity contribution in [1.29, 1.82) is 0 Å². The summed E-state index contributed by atoms with van der Waals surface area (Å²) in [7, 11) is 0. The van der Waals surface area contributed by atoms with Crippen LogP contribution in [0.1, 0.15) is 37.5 Å². The summed E-state index contributed by atoms with van der Waals surface area (Å²) in [5.41, 5.74) is -1.27. The smallest absolute Gasteiger partial charge is 0.389 e. The third-order valence-corrected chi connectivity index (χ3v) is 5.78. The zero-order chi connectivity index (χ0) is 28.9. The van der Waals surface area contributed by atoms with Crippen molar-refractivity contribution < 1.29 is 37.2 Å². The van der Waals surface area contributed by atoms with Crippen molar-refractivity contribution in [3.05, 3.63) is 65.7 Å². The van der Waals surface area contributed by atoms with Crippen molar-refractivity contribution in [3.63, 3.8) is 0 Å². The second-order valence-electron chi connectivity index (χ2n) is 9.70. The Balaban J connectivity index is 1.39. The van der Waals surface area contributed by atoms with E-state index in [4.69, 9.17) is 9.05 Å². The molecule has 13 heteroatoms. The first-order valence-electron chi connectivity index (χ1n) is 12.4. The van der Waals surface area contributed by atoms with Crippen LogP contribution in [0.4, 0.5) is 13.2 Å². The third kappa shape index (κ3) is 7.31. The molecule has 10 nitrogen and oxygen atoms in total. The van der Waals surface area contributed by atoms with Crippen molar-refractivity contribution >= 4 is 5.91 Å². The van der Waals surface area contributed by atoms with Crippen molar-refractivity contribution in [2.24, 2.45) is 0 Å². The molecule has 1 atom stereocenters. The Kier molecular flexibility index (Phi) is 8.67. The largest absolute Gasteiger partial charge is 0.422 e. The van der Waals surface area contributed by atoms with Gasteiger partial charge in [-0.15, -0.1) is 0 Å². The molecule has 0 aliphatic rings. The van der Waals surface area contributed by atoms with E-state index in [1.54, 1.807) is 56.3 Å². The van der Waals surface area contributed by atoms with Gasteiger partial charge in [0.2, 0.25) is 17.5 Å². The van der Waals surface area contributed by atoms with Crippen molar-refractivity contribution in [1.82, 2.24) is 25.9 Å². The van der Waals surface area contributed by atoms with Gasteiger partial charge in [-0.3, -0.25) is 4.79 Å². The minimum Gasteiger partial charge on any atom is -0.389 e. The topological polar surface area (TPSA) is 147 Å². The van der Waals surface area contributed by atoms with Gasteiger partial charge in [-0.2, -0.15) is 18.2 Å². The SMILES string of the molecule is CC(C)(O)CNC(=O)CCNCC(O)c1ccc(-c2noc(-c3onc(-c4ccccc4)c3C(F)(F)F)n2)cc1. The van der Waals surface area contributed by atoms with Crippen LogP contribution in [0, 0.1) is 0 Å². The Bertz CT molecular complexity index is 1410. The predicted octanol–water partition coefficient (Wildman–Crippen LogP) is 3.98. The van der Waals surface area contributed by atoms with E-state index < -0.39 is 35.1 Å². The van der Waals surface area contributed by atoms with E-state index >= 15 is 0 Å². The van der Waals surface area contributed by atoms with E-state index in [1.165, 1.54) is 12.1 Å². The molecule has 0 aliphatic heterocycles. The van der Waals surface area contributed by atoms with Crippen LogP contribution in [-0.2, 0) is 11.0 Å². The highest BCUT2D eigenvalue weighted by molar-refractivity contribution is 5.76. The lowest BCUT2D eigenvalue weighted by Crippen LogP contribution is -2.39. The van der Waals surface area contributed by atoms with Gasteiger partial charge in [0.15, 0.2) is 0 Å². The van der Waals surface area contributed by atoms with Crippen LogP contribution in [0.2, 0.25) is 0 Å². The minimum absolute atomic E-state index is 0.0250. The van der Waals surface area contributed by atoms with Gasteiger partial charge in [-0.1, -0.05) is 64.9 Å². The number of aliphatic hydroxyl groups excluding tert-OH is 1. The van der Waals surface area contributed by atoms with Crippen molar-refractivity contribution in [2.75, 3.05) is 19.6 Å². The van der Waals surface area contributed by atoms with Crippen LogP contribution in [-0.4, -0.2) is 56.7 Å². The Morgan fingerprint density at radius 3 is 2.35 bits per heavy atom. The number of hydrogen-bond donors (Lipinski definition) is 4. The van der Waals surface area contributed by atoms with E-state index in [0.29, 0.717) is 17.7 Å². The normalized spacial score (nSPS) is 12.9. The number of aromatic nitrogens is 3. The molecular formula is C27H28F3N5O5. The molecule has 2 aromatic carbocycles. The Labute approximate surface area is 227 Å². The van der Waals surface area contributed by atoms with E-state index in [2.05, 4.69) is 25.9 Å². The molecule has 2 aromatic heterocycles. The zero-order valence-electron chi connectivity index (χ0n) is 21.7. The van der Waals surface area contributed by atoms with Gasteiger partial charge >= 0.3 is 6.18 Å². The second kappa shape index (κ2) is 12.0. The van der Waals surface area contributed by atoms with E-state index in [9.17, 15) is 28.2 Å². The van der Waals surface area contributed by atoms with Gasteiger partial charge < -0.3 is 29.9 Å². The number of rotatable bonds is 11. The molecule has 0 radical (unpaired) electrons. The Morgan fingerprint density at radius 2 is 1.70 bits per heavy atom. The highest BCUT2D eigenvalue weighted by Gasteiger charge is 2.43. The molecule has 0 spiro atoms. The number of carbonyl (C=O) groups excluding carboxylic acids is 1. The molecule has 4 rings (SSSR count). The molecule has 0 saturated heterocycles. The van der Waals surface area contributed by atoms with Crippen LogP contribution in [0.5, 0.6) is 0 Å². The average Bonchev–Trinajstić information content (AvgIpc) is 3.58. The number of halogens is 3. The highest BCUT2D eigenvalue weighted by atomic mass is 19.4. The predicted molar refractivity (Wildman–Crippen MR) is 137 cm³/mol. The first kappa shape index (κ1) is 28.9. The maximum Gasteiger partial charge on any atom is 0.422 e. The molecule has 4 aromatic rings. The van der Waals surface area contributed by atoms with Gasteiger partial charge in [-0.05, 0) is 19.4 Å². The Hall–Kier alpha value is -4.07. The van der Waals surface area contributed by atoms with Crippen LogP contribution in [0.3, 0.4) is 0 Å². The number of nitrogens with one attached hydrogen (secondary N) is 2. The first-order valence-corrected chi connectivity index (χ1v) is 12.4. The second-order valence-corrected chi connectivity index (χ2v) is 9.70. The lowest BCUT2D eigenvalue weighted by atomic mass is 10.1. The quantitative estimate of drug-likeness (QED) is 0.200. The summed E-state index contributed by atoms with van der Waals surface area (Å²) in [6, 6.07) is 14.3. The standard InChI is InChI=1S/C27H28F3N5O5/c1-26(2,38)15-32-20(37)12-13-31-14-19(36)16-8-10-18(11-9-16)24-33-25(40-35-24)23-21(27(28,29)30)22(34-39-23)17-6-4-3-5-7-17/h3-11,19,31,36,38H,12-15H2,1-2H3,(H,32,37). The van der Waals surface area contributed by atoms with Crippen molar-refractivity contribution in [3.8, 4) is 34.3 Å². The molecule has 2 heterocycles. The van der Waals surface area contributed by atoms with Crippen LogP contribution in [0.25, 0.3) is 34.3 Å². The van der Waals surface area contributed by atoms with Crippen LogP contribution < -0.4 is 10.6 Å². The fourth-order valence-corrected chi connectivity index (χ4v) is 3.74.